The molecule has 0 unspecified atom stereocenters. The maximum absolute atomic E-state index is 13.2. The summed E-state index contributed by atoms with van der Waals surface area (Å²) in [4.78, 5) is 19.9. The van der Waals surface area contributed by atoms with Crippen molar-refractivity contribution in [1.82, 2.24) is 4.90 Å². The van der Waals surface area contributed by atoms with E-state index in [1.807, 2.05) is 23.1 Å². The van der Waals surface area contributed by atoms with E-state index in [4.69, 9.17) is 9.47 Å². The Kier molecular flexibility index (Phi) is 6.32. The summed E-state index contributed by atoms with van der Waals surface area (Å²) >= 11 is 0. The first-order valence-corrected chi connectivity index (χ1v) is 11.9. The Bertz CT molecular complexity index is 940. The van der Waals surface area contributed by atoms with Gasteiger partial charge in [-0.15, -0.1) is 0 Å². The number of anilines is 2. The summed E-state index contributed by atoms with van der Waals surface area (Å²) in [5, 5.41) is 0. The Hall–Kier alpha value is -2.57. The Morgan fingerprint density at radius 2 is 1.81 bits per heavy atom. The molecule has 0 saturated carbocycles. The maximum Gasteiger partial charge on any atom is 0.258 e. The van der Waals surface area contributed by atoms with E-state index >= 15 is 0 Å². The van der Waals surface area contributed by atoms with Crippen LogP contribution in [0, 0.1) is 0 Å². The molecule has 3 aliphatic heterocycles. The number of amides is 1. The van der Waals surface area contributed by atoms with Crippen molar-refractivity contribution >= 4 is 17.3 Å². The lowest BCUT2D eigenvalue weighted by Gasteiger charge is -2.30. The van der Waals surface area contributed by atoms with Crippen molar-refractivity contribution in [3.63, 3.8) is 0 Å². The SMILES string of the molecule is CN1CCCN(c2ccc(N3CCc4cc(OC[C@@H]5CCCO5)ccc4C3=O)cc2)CC1. The third-order valence-corrected chi connectivity index (χ3v) is 6.86. The summed E-state index contributed by atoms with van der Waals surface area (Å²) in [5.74, 6) is 0.897. The zero-order valence-corrected chi connectivity index (χ0v) is 19.0. The van der Waals surface area contributed by atoms with Crippen LogP contribution < -0.4 is 14.5 Å². The van der Waals surface area contributed by atoms with Gasteiger partial charge in [-0.2, -0.15) is 0 Å². The molecular formula is C26H33N3O3. The molecule has 0 spiro atoms. The highest BCUT2D eigenvalue weighted by molar-refractivity contribution is 6.08. The minimum atomic E-state index is 0.0704. The van der Waals surface area contributed by atoms with Gasteiger partial charge in [0.15, 0.2) is 0 Å². The molecule has 0 N–H and O–H groups in total. The van der Waals surface area contributed by atoms with Gasteiger partial charge in [0.25, 0.3) is 5.91 Å². The predicted octanol–water partition coefficient (Wildman–Crippen LogP) is 3.59. The van der Waals surface area contributed by atoms with Gasteiger partial charge in [0.05, 0.1) is 6.10 Å². The van der Waals surface area contributed by atoms with Crippen LogP contribution in [0.1, 0.15) is 35.2 Å². The quantitative estimate of drug-likeness (QED) is 0.718. The molecule has 5 rings (SSSR count). The Balaban J connectivity index is 1.25. The topological polar surface area (TPSA) is 45.2 Å². The lowest BCUT2D eigenvalue weighted by atomic mass is 9.98. The van der Waals surface area contributed by atoms with Gasteiger partial charge in [0.1, 0.15) is 12.4 Å². The molecule has 0 bridgehead atoms. The fraction of sp³-hybridized carbons (Fsp3) is 0.500. The number of nitrogens with zero attached hydrogens (tertiary/aromatic N) is 3. The average molecular weight is 436 g/mol. The van der Waals surface area contributed by atoms with Crippen LogP contribution in [0.15, 0.2) is 42.5 Å². The van der Waals surface area contributed by atoms with Crippen molar-refractivity contribution in [2.24, 2.45) is 0 Å². The van der Waals surface area contributed by atoms with Crippen LogP contribution in [0.5, 0.6) is 5.75 Å². The monoisotopic (exact) mass is 435 g/mol. The number of benzene rings is 2. The first-order valence-electron chi connectivity index (χ1n) is 11.9. The number of hydrogen-bond acceptors (Lipinski definition) is 5. The van der Waals surface area contributed by atoms with E-state index in [0.29, 0.717) is 13.2 Å². The van der Waals surface area contributed by atoms with Crippen molar-refractivity contribution in [2.45, 2.75) is 31.8 Å². The lowest BCUT2D eigenvalue weighted by molar-refractivity contribution is 0.0679. The normalized spacial score (nSPS) is 22.0. The van der Waals surface area contributed by atoms with Gasteiger partial charge in [-0.3, -0.25) is 4.79 Å². The number of likely N-dealkylation sites (N-methyl/N-ethyl adjacent to an activating group) is 1. The third kappa shape index (κ3) is 4.62. The number of carbonyl (C=O) groups excluding carboxylic acids is 1. The van der Waals surface area contributed by atoms with Crippen molar-refractivity contribution in [2.75, 3.05) is 62.8 Å². The van der Waals surface area contributed by atoms with Crippen LogP contribution in [0.25, 0.3) is 0 Å². The van der Waals surface area contributed by atoms with Crippen molar-refractivity contribution < 1.29 is 14.3 Å². The fourth-order valence-electron chi connectivity index (χ4n) is 4.91. The van der Waals surface area contributed by atoms with Crippen molar-refractivity contribution in [3.8, 4) is 5.75 Å². The molecule has 0 aliphatic carbocycles. The van der Waals surface area contributed by atoms with E-state index in [0.717, 1.165) is 74.6 Å². The van der Waals surface area contributed by atoms with Gasteiger partial charge in [0, 0.05) is 49.7 Å². The number of carbonyl (C=O) groups is 1. The Labute approximate surface area is 190 Å². The van der Waals surface area contributed by atoms with Crippen LogP contribution in [0.3, 0.4) is 0 Å². The lowest BCUT2D eigenvalue weighted by Crippen LogP contribution is -2.37. The number of ether oxygens (including phenoxy) is 2. The standard InChI is InChI=1S/C26H33N3O3/c1-27-12-3-13-28(16-15-27)21-5-7-22(8-6-21)29-14-11-20-18-23(9-10-25(20)26(29)30)32-19-24-4-2-17-31-24/h5-10,18,24H,2-4,11-17,19H2,1H3/t24-/m0/s1. The van der Waals surface area contributed by atoms with Gasteiger partial charge in [-0.05, 0) is 87.3 Å². The van der Waals surface area contributed by atoms with Crippen LogP contribution in [-0.4, -0.2) is 69.9 Å². The van der Waals surface area contributed by atoms with Gasteiger partial charge in [-0.25, -0.2) is 0 Å². The summed E-state index contributed by atoms with van der Waals surface area (Å²) in [5.41, 5.74) is 4.05. The molecule has 0 radical (unpaired) electrons. The van der Waals surface area contributed by atoms with Crippen LogP contribution in [-0.2, 0) is 11.2 Å². The predicted molar refractivity (Wildman–Crippen MR) is 127 cm³/mol. The molecule has 2 saturated heterocycles. The molecule has 2 aromatic carbocycles. The zero-order valence-electron chi connectivity index (χ0n) is 19.0. The average Bonchev–Trinajstić information content (AvgIpc) is 3.25. The molecule has 3 aliphatic rings. The second kappa shape index (κ2) is 9.51. The second-order valence-electron chi connectivity index (χ2n) is 9.13. The summed E-state index contributed by atoms with van der Waals surface area (Å²) in [7, 11) is 2.19. The molecule has 0 aromatic heterocycles. The Morgan fingerprint density at radius 3 is 2.62 bits per heavy atom. The highest BCUT2D eigenvalue weighted by Gasteiger charge is 2.26. The maximum atomic E-state index is 13.2. The van der Waals surface area contributed by atoms with E-state index in [9.17, 15) is 4.79 Å². The largest absolute Gasteiger partial charge is 0.491 e. The van der Waals surface area contributed by atoms with E-state index in [2.05, 4.69) is 41.1 Å². The summed E-state index contributed by atoms with van der Waals surface area (Å²) in [6, 6.07) is 14.3. The summed E-state index contributed by atoms with van der Waals surface area (Å²) in [6.07, 6.45) is 4.38. The van der Waals surface area contributed by atoms with Gasteiger partial charge in [0.2, 0.25) is 0 Å². The van der Waals surface area contributed by atoms with Crippen molar-refractivity contribution in [3.05, 3.63) is 53.6 Å². The summed E-state index contributed by atoms with van der Waals surface area (Å²) in [6.45, 7) is 6.46. The molecular weight excluding hydrogens is 402 g/mol. The molecule has 1 atom stereocenters. The molecule has 2 aromatic rings. The zero-order chi connectivity index (χ0) is 21.9. The van der Waals surface area contributed by atoms with Gasteiger partial charge >= 0.3 is 0 Å². The molecule has 6 nitrogen and oxygen atoms in total. The van der Waals surface area contributed by atoms with Crippen LogP contribution in [0.4, 0.5) is 11.4 Å². The van der Waals surface area contributed by atoms with E-state index in [1.54, 1.807) is 0 Å². The molecule has 170 valence electrons. The Morgan fingerprint density at radius 1 is 0.969 bits per heavy atom. The van der Waals surface area contributed by atoms with Gasteiger partial charge < -0.3 is 24.2 Å². The molecule has 1 amide bonds. The first kappa shape index (κ1) is 21.3. The minimum absolute atomic E-state index is 0.0704. The van der Waals surface area contributed by atoms with E-state index in [1.165, 1.54) is 12.1 Å². The highest BCUT2D eigenvalue weighted by Crippen LogP contribution is 2.29. The van der Waals surface area contributed by atoms with E-state index in [-0.39, 0.29) is 12.0 Å². The third-order valence-electron chi connectivity index (χ3n) is 6.86. The van der Waals surface area contributed by atoms with Crippen molar-refractivity contribution in [1.29, 1.82) is 0 Å². The fourth-order valence-corrected chi connectivity index (χ4v) is 4.91. The summed E-state index contributed by atoms with van der Waals surface area (Å²) < 4.78 is 11.6. The number of rotatable bonds is 5. The molecule has 6 heteroatoms. The number of hydrogen-bond donors (Lipinski definition) is 0. The van der Waals surface area contributed by atoms with Crippen LogP contribution in [0.2, 0.25) is 0 Å². The van der Waals surface area contributed by atoms with E-state index < -0.39 is 0 Å². The number of fused-ring (bicyclic) bond motifs is 1. The molecule has 3 heterocycles. The van der Waals surface area contributed by atoms with Gasteiger partial charge in [-0.1, -0.05) is 0 Å². The molecule has 32 heavy (non-hydrogen) atoms. The van der Waals surface area contributed by atoms with Crippen LogP contribution >= 0.6 is 0 Å². The first-order chi connectivity index (χ1) is 15.7. The second-order valence-corrected chi connectivity index (χ2v) is 9.13. The highest BCUT2D eigenvalue weighted by atomic mass is 16.5. The molecule has 2 fully saturated rings. The minimum Gasteiger partial charge on any atom is -0.491 e. The smallest absolute Gasteiger partial charge is 0.258 e.